The van der Waals surface area contributed by atoms with Crippen molar-refractivity contribution in [2.75, 3.05) is 19.0 Å². The Morgan fingerprint density at radius 2 is 2.17 bits per heavy atom. The van der Waals surface area contributed by atoms with Gasteiger partial charge in [0.05, 0.1) is 27.9 Å². The molecule has 0 bridgehead atoms. The molecule has 0 saturated carbocycles. The van der Waals surface area contributed by atoms with Gasteiger partial charge in [-0.3, -0.25) is 4.98 Å². The lowest BCUT2D eigenvalue weighted by molar-refractivity contribution is 0.0468. The summed E-state index contributed by atoms with van der Waals surface area (Å²) in [5.74, 6) is -0.414. The zero-order chi connectivity index (χ0) is 20.4. The van der Waals surface area contributed by atoms with Crippen LogP contribution in [0.5, 0.6) is 0 Å². The second-order valence-electron chi connectivity index (χ2n) is 7.26. The van der Waals surface area contributed by atoms with Crippen LogP contribution in [0.3, 0.4) is 0 Å². The molecule has 1 aliphatic carbocycles. The van der Waals surface area contributed by atoms with Crippen LogP contribution >= 0.6 is 11.3 Å². The molecule has 2 heterocycles. The van der Waals surface area contributed by atoms with Crippen molar-refractivity contribution in [1.82, 2.24) is 9.97 Å². The Labute approximate surface area is 173 Å². The van der Waals surface area contributed by atoms with Crippen LogP contribution in [0.15, 0.2) is 42.6 Å². The molecule has 0 aliphatic heterocycles. The standard InChI is InChI=1S/C22H23N3O3S/c1-25(2)15-9-10-16(21-24-18-7-5-8-19(26)20(18)29-21)17(12-15)22(27)28-13-14-6-3-4-11-23-14/h3-4,6,9-12,19,26H,5,7-8,13H2,1-2H3. The summed E-state index contributed by atoms with van der Waals surface area (Å²) in [5.41, 5.74) is 3.73. The number of carbonyl (C=O) groups is 1. The van der Waals surface area contributed by atoms with Gasteiger partial charge in [-0.05, 0) is 49.6 Å². The molecule has 0 fully saturated rings. The maximum absolute atomic E-state index is 13.0. The fraction of sp³-hybridized carbons (Fsp3) is 0.318. The van der Waals surface area contributed by atoms with E-state index in [4.69, 9.17) is 9.72 Å². The van der Waals surface area contributed by atoms with E-state index < -0.39 is 12.1 Å². The maximum Gasteiger partial charge on any atom is 0.339 e. The van der Waals surface area contributed by atoms with Gasteiger partial charge in [-0.15, -0.1) is 11.3 Å². The van der Waals surface area contributed by atoms with E-state index in [-0.39, 0.29) is 6.61 Å². The number of nitrogens with zero attached hydrogens (tertiary/aromatic N) is 3. The van der Waals surface area contributed by atoms with Gasteiger partial charge in [0.1, 0.15) is 11.6 Å². The minimum Gasteiger partial charge on any atom is -0.456 e. The highest BCUT2D eigenvalue weighted by Gasteiger charge is 2.25. The van der Waals surface area contributed by atoms with Crippen LogP contribution in [0.4, 0.5) is 5.69 Å². The van der Waals surface area contributed by atoms with Gasteiger partial charge in [0.15, 0.2) is 0 Å². The predicted octanol–water partition coefficient (Wildman–Crippen LogP) is 4.00. The number of thiazole rings is 1. The molecule has 4 rings (SSSR count). The van der Waals surface area contributed by atoms with E-state index in [1.165, 1.54) is 11.3 Å². The Morgan fingerprint density at radius 3 is 2.90 bits per heavy atom. The Bertz CT molecular complexity index is 1020. The first-order valence-electron chi connectivity index (χ1n) is 9.59. The smallest absolute Gasteiger partial charge is 0.339 e. The summed E-state index contributed by atoms with van der Waals surface area (Å²) < 4.78 is 5.54. The van der Waals surface area contributed by atoms with Crippen molar-refractivity contribution in [3.63, 3.8) is 0 Å². The van der Waals surface area contributed by atoms with Gasteiger partial charge in [-0.1, -0.05) is 6.07 Å². The van der Waals surface area contributed by atoms with Crippen LogP contribution in [0, 0.1) is 0 Å². The number of ether oxygens (including phenoxy) is 1. The number of anilines is 1. The van der Waals surface area contributed by atoms with Gasteiger partial charge in [0.25, 0.3) is 0 Å². The number of esters is 1. The fourth-order valence-corrected chi connectivity index (χ4v) is 4.55. The number of fused-ring (bicyclic) bond motifs is 1. The van der Waals surface area contributed by atoms with E-state index >= 15 is 0 Å². The molecule has 1 atom stereocenters. The molecular formula is C22H23N3O3S. The normalized spacial score (nSPS) is 15.6. The number of aliphatic hydroxyl groups excluding tert-OH is 1. The first-order valence-corrected chi connectivity index (χ1v) is 10.4. The average Bonchev–Trinajstić information content (AvgIpc) is 3.18. The largest absolute Gasteiger partial charge is 0.456 e. The number of aryl methyl sites for hydroxylation is 1. The molecule has 2 aromatic heterocycles. The van der Waals surface area contributed by atoms with Crippen molar-refractivity contribution in [2.24, 2.45) is 0 Å². The average molecular weight is 410 g/mol. The van der Waals surface area contributed by atoms with E-state index in [2.05, 4.69) is 4.98 Å². The van der Waals surface area contributed by atoms with Crippen molar-refractivity contribution >= 4 is 23.0 Å². The number of hydrogen-bond donors (Lipinski definition) is 1. The number of aromatic nitrogens is 2. The van der Waals surface area contributed by atoms with Crippen LogP contribution in [0.1, 0.15) is 45.6 Å². The zero-order valence-electron chi connectivity index (χ0n) is 16.5. The quantitative estimate of drug-likeness (QED) is 0.642. The highest BCUT2D eigenvalue weighted by Crippen LogP contribution is 2.39. The van der Waals surface area contributed by atoms with Crippen LogP contribution in [-0.4, -0.2) is 35.1 Å². The second kappa shape index (κ2) is 8.31. The first kappa shape index (κ1) is 19.5. The van der Waals surface area contributed by atoms with Crippen LogP contribution < -0.4 is 4.90 Å². The summed E-state index contributed by atoms with van der Waals surface area (Å²) in [7, 11) is 3.85. The van der Waals surface area contributed by atoms with Gasteiger partial charge in [-0.25, -0.2) is 9.78 Å². The van der Waals surface area contributed by atoms with Crippen LogP contribution in [0.25, 0.3) is 10.6 Å². The van der Waals surface area contributed by atoms with Crippen molar-refractivity contribution in [1.29, 1.82) is 0 Å². The molecule has 1 unspecified atom stereocenters. The molecule has 0 radical (unpaired) electrons. The SMILES string of the molecule is CN(C)c1ccc(-c2nc3c(s2)C(O)CCC3)c(C(=O)OCc2ccccn2)c1. The zero-order valence-corrected chi connectivity index (χ0v) is 17.3. The van der Waals surface area contributed by atoms with Gasteiger partial charge in [0.2, 0.25) is 0 Å². The molecule has 1 aromatic carbocycles. The molecule has 29 heavy (non-hydrogen) atoms. The third-order valence-electron chi connectivity index (χ3n) is 4.97. The lowest BCUT2D eigenvalue weighted by Crippen LogP contribution is -2.12. The third-order valence-corrected chi connectivity index (χ3v) is 6.20. The lowest BCUT2D eigenvalue weighted by atomic mass is 10.0. The van der Waals surface area contributed by atoms with E-state index in [0.29, 0.717) is 11.3 Å². The van der Waals surface area contributed by atoms with E-state index in [1.807, 2.05) is 55.4 Å². The summed E-state index contributed by atoms with van der Waals surface area (Å²) in [4.78, 5) is 24.7. The molecule has 1 aliphatic rings. The molecule has 0 spiro atoms. The highest BCUT2D eigenvalue weighted by molar-refractivity contribution is 7.15. The Hall–Kier alpha value is -2.77. The third kappa shape index (κ3) is 4.16. The number of aliphatic hydroxyl groups is 1. The molecule has 0 saturated heterocycles. The van der Waals surface area contributed by atoms with Crippen molar-refractivity contribution in [3.8, 4) is 10.6 Å². The Balaban J connectivity index is 1.68. The van der Waals surface area contributed by atoms with Gasteiger partial charge in [-0.2, -0.15) is 0 Å². The minimum atomic E-state index is -0.467. The van der Waals surface area contributed by atoms with E-state index in [0.717, 1.165) is 46.1 Å². The van der Waals surface area contributed by atoms with Crippen LogP contribution in [0.2, 0.25) is 0 Å². The topological polar surface area (TPSA) is 75.5 Å². The molecule has 3 aromatic rings. The van der Waals surface area contributed by atoms with Gasteiger partial charge >= 0.3 is 5.97 Å². The first-order chi connectivity index (χ1) is 14.0. The maximum atomic E-state index is 13.0. The van der Waals surface area contributed by atoms with Gasteiger partial charge < -0.3 is 14.7 Å². The molecule has 1 N–H and O–H groups in total. The van der Waals surface area contributed by atoms with Crippen LogP contribution in [-0.2, 0) is 17.8 Å². The summed E-state index contributed by atoms with van der Waals surface area (Å²) >= 11 is 1.46. The monoisotopic (exact) mass is 409 g/mol. The summed E-state index contributed by atoms with van der Waals surface area (Å²) in [6.07, 6.45) is 3.75. The number of hydrogen-bond acceptors (Lipinski definition) is 7. The Morgan fingerprint density at radius 1 is 1.31 bits per heavy atom. The molecule has 0 amide bonds. The Kier molecular flexibility index (Phi) is 5.60. The van der Waals surface area contributed by atoms with Crippen molar-refractivity contribution in [2.45, 2.75) is 32.0 Å². The molecule has 6 nitrogen and oxygen atoms in total. The predicted molar refractivity (Wildman–Crippen MR) is 113 cm³/mol. The van der Waals surface area contributed by atoms with Gasteiger partial charge in [0, 0.05) is 31.5 Å². The summed E-state index contributed by atoms with van der Waals surface area (Å²) in [6.45, 7) is 0.110. The highest BCUT2D eigenvalue weighted by atomic mass is 32.1. The number of rotatable bonds is 5. The van der Waals surface area contributed by atoms with Crippen molar-refractivity contribution < 1.29 is 14.6 Å². The number of carbonyl (C=O) groups excluding carboxylic acids is 1. The molecule has 150 valence electrons. The number of benzene rings is 1. The lowest BCUT2D eigenvalue weighted by Gasteiger charge is -2.15. The fourth-order valence-electron chi connectivity index (χ4n) is 3.38. The summed E-state index contributed by atoms with van der Waals surface area (Å²) in [6, 6.07) is 11.2. The molecular weight excluding hydrogens is 386 g/mol. The second-order valence-corrected chi connectivity index (χ2v) is 8.29. The van der Waals surface area contributed by atoms with E-state index in [1.54, 1.807) is 6.20 Å². The molecule has 7 heteroatoms. The minimum absolute atomic E-state index is 0.110. The number of pyridine rings is 1. The van der Waals surface area contributed by atoms with Crippen molar-refractivity contribution in [3.05, 3.63) is 64.4 Å². The van der Waals surface area contributed by atoms with E-state index in [9.17, 15) is 9.90 Å². The summed E-state index contributed by atoms with van der Waals surface area (Å²) in [5, 5.41) is 11.0.